The van der Waals surface area contributed by atoms with Gasteiger partial charge >= 0.3 is 5.97 Å². The Morgan fingerprint density at radius 3 is 2.18 bits per heavy atom. The van der Waals surface area contributed by atoms with Gasteiger partial charge in [-0.05, 0) is 61.3 Å². The van der Waals surface area contributed by atoms with E-state index in [2.05, 4.69) is 20.6 Å². The maximum atomic E-state index is 12.2. The van der Waals surface area contributed by atoms with Crippen molar-refractivity contribution in [3.63, 3.8) is 0 Å². The monoisotopic (exact) mass is 442 g/mol. The number of likely N-dealkylation sites (N-methyl/N-ethyl adjacent to an activating group) is 1. The van der Waals surface area contributed by atoms with Crippen molar-refractivity contribution in [2.24, 2.45) is 0 Å². The van der Waals surface area contributed by atoms with Crippen LogP contribution in [0.2, 0.25) is 0 Å². The highest BCUT2D eigenvalue weighted by atomic mass is 16.4. The summed E-state index contributed by atoms with van der Waals surface area (Å²) >= 11 is 0. The van der Waals surface area contributed by atoms with Gasteiger partial charge in [-0.15, -0.1) is 0 Å². The van der Waals surface area contributed by atoms with Gasteiger partial charge in [0.2, 0.25) is 5.91 Å². The number of nitrogens with one attached hydrogen (secondary N) is 3. The first-order valence-electron chi connectivity index (χ1n) is 10.8. The molecule has 3 aromatic carbocycles. The topological polar surface area (TPSA) is 107 Å². The Balaban J connectivity index is 1.55. The first-order valence-corrected chi connectivity index (χ1v) is 10.8. The van der Waals surface area contributed by atoms with Crippen molar-refractivity contribution >= 4 is 28.6 Å². The van der Waals surface area contributed by atoms with Gasteiger partial charge < -0.3 is 20.7 Å². The second-order valence-electron chi connectivity index (χ2n) is 7.99. The lowest BCUT2D eigenvalue weighted by Gasteiger charge is -2.14. The van der Waals surface area contributed by atoms with E-state index in [0.717, 1.165) is 34.4 Å². The number of benzene rings is 3. The van der Waals surface area contributed by atoms with Crippen LogP contribution >= 0.6 is 0 Å². The van der Waals surface area contributed by atoms with E-state index >= 15 is 0 Å². The summed E-state index contributed by atoms with van der Waals surface area (Å²) in [4.78, 5) is 31.6. The van der Waals surface area contributed by atoms with Gasteiger partial charge in [0.25, 0.3) is 0 Å². The summed E-state index contributed by atoms with van der Waals surface area (Å²) < 4.78 is 0. The average Bonchev–Trinajstić information content (AvgIpc) is 3.23. The van der Waals surface area contributed by atoms with Gasteiger partial charge in [0.05, 0.1) is 17.1 Å². The number of carbonyl (C=O) groups excluding carboxylic acids is 1. The Kier molecular flexibility index (Phi) is 6.24. The highest BCUT2D eigenvalue weighted by Gasteiger charge is 2.15. The van der Waals surface area contributed by atoms with E-state index in [1.165, 1.54) is 0 Å². The largest absolute Gasteiger partial charge is 0.478 e. The molecule has 1 heterocycles. The smallest absolute Gasteiger partial charge is 0.337 e. The van der Waals surface area contributed by atoms with E-state index < -0.39 is 5.97 Å². The van der Waals surface area contributed by atoms with Crippen LogP contribution in [0.5, 0.6) is 0 Å². The second kappa shape index (κ2) is 9.26. The van der Waals surface area contributed by atoms with Crippen LogP contribution in [0.1, 0.15) is 29.3 Å². The van der Waals surface area contributed by atoms with Crippen LogP contribution in [0.3, 0.4) is 0 Å². The number of rotatable bonds is 7. The second-order valence-corrected chi connectivity index (χ2v) is 7.99. The molecule has 0 aliphatic rings. The first kappa shape index (κ1) is 22.2. The predicted octanol–water partition coefficient (Wildman–Crippen LogP) is 4.84. The molecule has 4 rings (SSSR count). The van der Waals surface area contributed by atoms with E-state index in [0.29, 0.717) is 16.9 Å². The summed E-state index contributed by atoms with van der Waals surface area (Å²) in [6, 6.07) is 18.9. The van der Waals surface area contributed by atoms with Gasteiger partial charge in [-0.2, -0.15) is 0 Å². The number of fused-ring (bicyclic) bond motifs is 1. The molecule has 1 aromatic heterocycles. The van der Waals surface area contributed by atoms with Crippen molar-refractivity contribution < 1.29 is 14.7 Å². The van der Waals surface area contributed by atoms with Crippen LogP contribution in [0.25, 0.3) is 33.5 Å². The number of hydrogen-bond acceptors (Lipinski definition) is 4. The van der Waals surface area contributed by atoms with Crippen molar-refractivity contribution in [3.8, 4) is 22.5 Å². The minimum Gasteiger partial charge on any atom is -0.478 e. The predicted molar refractivity (Wildman–Crippen MR) is 130 cm³/mol. The molecular weight excluding hydrogens is 416 g/mol. The van der Waals surface area contributed by atoms with Gasteiger partial charge in [0.1, 0.15) is 11.3 Å². The number of imidazole rings is 1. The van der Waals surface area contributed by atoms with Crippen LogP contribution in [0.4, 0.5) is 5.69 Å². The number of hydrogen-bond donors (Lipinski definition) is 4. The Hall–Kier alpha value is -3.97. The summed E-state index contributed by atoms with van der Waals surface area (Å²) in [6.45, 7) is 3.83. The fourth-order valence-corrected chi connectivity index (χ4v) is 3.88. The number of amides is 1. The van der Waals surface area contributed by atoms with Crippen LogP contribution in [0, 0.1) is 6.92 Å². The number of aromatic nitrogens is 2. The summed E-state index contributed by atoms with van der Waals surface area (Å²) in [5.74, 6) is -0.421. The zero-order valence-electron chi connectivity index (χ0n) is 18.8. The summed E-state index contributed by atoms with van der Waals surface area (Å²) in [5, 5.41) is 15.4. The zero-order valence-corrected chi connectivity index (χ0v) is 18.8. The van der Waals surface area contributed by atoms with Crippen molar-refractivity contribution in [2.75, 3.05) is 12.4 Å². The Morgan fingerprint density at radius 2 is 1.61 bits per heavy atom. The van der Waals surface area contributed by atoms with Gasteiger partial charge in [-0.3, -0.25) is 4.79 Å². The lowest BCUT2D eigenvalue weighted by atomic mass is 10.0. The number of H-pyrrole nitrogens is 1. The molecule has 0 radical (unpaired) electrons. The molecule has 1 amide bonds. The minimum atomic E-state index is -0.993. The summed E-state index contributed by atoms with van der Waals surface area (Å²) in [6.07, 6.45) is 0.717. The van der Waals surface area contributed by atoms with Gasteiger partial charge in [0, 0.05) is 11.3 Å². The average molecular weight is 443 g/mol. The van der Waals surface area contributed by atoms with Crippen LogP contribution in [-0.2, 0) is 4.79 Å². The molecule has 4 N–H and O–H groups in total. The molecule has 0 aliphatic carbocycles. The van der Waals surface area contributed by atoms with Crippen molar-refractivity contribution in [2.45, 2.75) is 26.3 Å². The quantitative estimate of drug-likeness (QED) is 0.328. The molecule has 0 unspecified atom stereocenters. The molecule has 168 valence electrons. The van der Waals surface area contributed by atoms with Crippen LogP contribution in [-0.4, -0.2) is 40.0 Å². The minimum absolute atomic E-state index is 0.0517. The highest BCUT2D eigenvalue weighted by molar-refractivity contribution is 6.02. The highest BCUT2D eigenvalue weighted by Crippen LogP contribution is 2.27. The molecule has 0 fully saturated rings. The van der Waals surface area contributed by atoms with Gasteiger partial charge in [-0.25, -0.2) is 9.78 Å². The zero-order chi connectivity index (χ0) is 23.5. The molecular formula is C26H26N4O3. The number of aromatic carboxylic acids is 1. The normalized spacial score (nSPS) is 12.0. The number of anilines is 1. The van der Waals surface area contributed by atoms with Crippen molar-refractivity contribution in [3.05, 3.63) is 71.8 Å². The van der Waals surface area contributed by atoms with E-state index in [1.54, 1.807) is 13.1 Å². The fourth-order valence-electron chi connectivity index (χ4n) is 3.88. The van der Waals surface area contributed by atoms with Gasteiger partial charge in [0.15, 0.2) is 0 Å². The number of carboxylic acids is 1. The molecule has 7 heteroatoms. The molecule has 7 nitrogen and oxygen atoms in total. The maximum Gasteiger partial charge on any atom is 0.337 e. The fraction of sp³-hybridized carbons (Fsp3) is 0.192. The SMILES string of the molecule is CC[C@H](NC)C(=O)Nc1ccc(-c2ccc(-c3nc4c(C(=O)O)cc(C)cc4[nH]3)cc2)cc1. The molecule has 0 bridgehead atoms. The third kappa shape index (κ3) is 4.63. The lowest BCUT2D eigenvalue weighted by molar-refractivity contribution is -0.118. The Morgan fingerprint density at radius 1 is 1.00 bits per heavy atom. The Bertz CT molecular complexity index is 1300. The maximum absolute atomic E-state index is 12.2. The number of carboxylic acid groups (broad SMARTS) is 1. The molecule has 0 spiro atoms. The third-order valence-electron chi connectivity index (χ3n) is 5.68. The molecule has 0 saturated carbocycles. The molecule has 0 saturated heterocycles. The summed E-state index contributed by atoms with van der Waals surface area (Å²) in [5.41, 5.74) is 5.87. The molecule has 33 heavy (non-hydrogen) atoms. The first-order chi connectivity index (χ1) is 15.9. The Labute approximate surface area is 191 Å². The molecule has 1 atom stereocenters. The number of carbonyl (C=O) groups is 2. The van der Waals surface area contributed by atoms with E-state index in [9.17, 15) is 14.7 Å². The lowest BCUT2D eigenvalue weighted by Crippen LogP contribution is -2.37. The van der Waals surface area contributed by atoms with Crippen LogP contribution < -0.4 is 10.6 Å². The number of aromatic amines is 1. The number of aryl methyl sites for hydroxylation is 1. The molecule has 0 aliphatic heterocycles. The number of nitrogens with zero attached hydrogens (tertiary/aromatic N) is 1. The van der Waals surface area contributed by atoms with Crippen molar-refractivity contribution in [1.82, 2.24) is 15.3 Å². The molecule has 4 aromatic rings. The van der Waals surface area contributed by atoms with E-state index in [-0.39, 0.29) is 17.5 Å². The van der Waals surface area contributed by atoms with E-state index in [4.69, 9.17) is 0 Å². The van der Waals surface area contributed by atoms with E-state index in [1.807, 2.05) is 68.4 Å². The standard InChI is InChI=1S/C26H26N4O3/c1-4-21(27-3)25(31)28-19-11-9-17(10-12-19)16-5-7-18(8-6-16)24-29-22-14-15(2)13-20(26(32)33)23(22)30-24/h5-14,21,27H,4H2,1-3H3,(H,28,31)(H,29,30)(H,32,33)/t21-/m0/s1. The van der Waals surface area contributed by atoms with Crippen molar-refractivity contribution in [1.29, 1.82) is 0 Å². The van der Waals surface area contributed by atoms with Crippen LogP contribution in [0.15, 0.2) is 60.7 Å². The summed E-state index contributed by atoms with van der Waals surface area (Å²) in [7, 11) is 1.78. The van der Waals surface area contributed by atoms with Gasteiger partial charge in [-0.1, -0.05) is 43.3 Å². The third-order valence-corrected chi connectivity index (χ3v) is 5.68.